The lowest BCUT2D eigenvalue weighted by atomic mass is 9.96. The molecule has 0 aromatic heterocycles. The molecule has 1 aromatic carbocycles. The van der Waals surface area contributed by atoms with Crippen molar-refractivity contribution in [3.05, 3.63) is 28.8 Å². The van der Waals surface area contributed by atoms with E-state index in [-0.39, 0.29) is 11.8 Å². The fourth-order valence-corrected chi connectivity index (χ4v) is 1.92. The Kier molecular flexibility index (Phi) is 4.07. The molecule has 1 atom stereocenters. The molecule has 1 aromatic rings. The van der Waals surface area contributed by atoms with Crippen LogP contribution in [0.3, 0.4) is 0 Å². The van der Waals surface area contributed by atoms with Gasteiger partial charge in [0.15, 0.2) is 5.78 Å². The molecule has 0 fully saturated rings. The molecule has 1 unspecified atom stereocenters. The van der Waals surface area contributed by atoms with Crippen LogP contribution in [0.4, 0.5) is 0 Å². The minimum atomic E-state index is -0.232. The number of benzene rings is 1. The van der Waals surface area contributed by atoms with E-state index in [4.69, 9.17) is 4.74 Å². The number of carbonyl (C=O) groups excluding carboxylic acids is 1. The van der Waals surface area contributed by atoms with Gasteiger partial charge in [-0.3, -0.25) is 4.79 Å². The van der Waals surface area contributed by atoms with Gasteiger partial charge in [0, 0.05) is 0 Å². The third kappa shape index (κ3) is 2.42. The minimum absolute atomic E-state index is 0.121. The maximum atomic E-state index is 11.5. The summed E-state index contributed by atoms with van der Waals surface area (Å²) in [4.78, 5) is 11.5. The number of rotatable bonds is 4. The maximum absolute atomic E-state index is 11.5. The van der Waals surface area contributed by atoms with Gasteiger partial charge in [0.25, 0.3) is 0 Å². The zero-order chi connectivity index (χ0) is 12.3. The van der Waals surface area contributed by atoms with Crippen LogP contribution in [0.25, 0.3) is 0 Å². The van der Waals surface area contributed by atoms with Gasteiger partial charge in [0.1, 0.15) is 5.75 Å². The van der Waals surface area contributed by atoms with Crippen LogP contribution in [0.1, 0.15) is 29.7 Å². The highest BCUT2D eigenvalue weighted by Crippen LogP contribution is 2.26. The molecule has 3 heteroatoms. The molecule has 0 amide bonds. The molecule has 88 valence electrons. The summed E-state index contributed by atoms with van der Waals surface area (Å²) in [7, 11) is 3.45. The summed E-state index contributed by atoms with van der Waals surface area (Å²) >= 11 is 0. The van der Waals surface area contributed by atoms with Crippen molar-refractivity contribution >= 4 is 5.78 Å². The molecular weight excluding hydrogens is 202 g/mol. The van der Waals surface area contributed by atoms with E-state index >= 15 is 0 Å². The highest BCUT2D eigenvalue weighted by Gasteiger charge is 2.17. The van der Waals surface area contributed by atoms with Crippen LogP contribution < -0.4 is 10.1 Å². The minimum Gasteiger partial charge on any atom is -0.496 e. The summed E-state index contributed by atoms with van der Waals surface area (Å²) in [5, 5.41) is 3.03. The van der Waals surface area contributed by atoms with Gasteiger partial charge in [-0.2, -0.15) is 0 Å². The molecule has 0 bridgehead atoms. The molecule has 0 radical (unpaired) electrons. The number of hydrogen-bond donors (Lipinski definition) is 1. The summed E-state index contributed by atoms with van der Waals surface area (Å²) in [6, 6.07) is 3.75. The highest BCUT2D eigenvalue weighted by atomic mass is 16.5. The summed E-state index contributed by atoms with van der Waals surface area (Å²) in [5.74, 6) is 0.981. The van der Waals surface area contributed by atoms with Gasteiger partial charge in [-0.25, -0.2) is 0 Å². The van der Waals surface area contributed by atoms with Gasteiger partial charge in [0.05, 0.1) is 13.2 Å². The van der Waals surface area contributed by atoms with Gasteiger partial charge in [-0.1, -0.05) is 6.07 Å². The molecule has 0 aliphatic heterocycles. The normalized spacial score (nSPS) is 12.3. The van der Waals surface area contributed by atoms with E-state index in [1.165, 1.54) is 0 Å². The second-order valence-electron chi connectivity index (χ2n) is 4.01. The van der Waals surface area contributed by atoms with Gasteiger partial charge >= 0.3 is 0 Å². The molecule has 0 spiro atoms. The van der Waals surface area contributed by atoms with E-state index in [2.05, 4.69) is 5.32 Å². The quantitative estimate of drug-likeness (QED) is 0.846. The molecule has 0 saturated heterocycles. The topological polar surface area (TPSA) is 38.3 Å². The number of Topliss-reactive ketones (excluding diaryl/α,β-unsaturated/α-hetero) is 1. The zero-order valence-electron chi connectivity index (χ0n) is 10.5. The number of ether oxygens (including phenoxy) is 1. The highest BCUT2D eigenvalue weighted by molar-refractivity contribution is 5.83. The molecule has 0 aliphatic carbocycles. The van der Waals surface area contributed by atoms with Crippen molar-refractivity contribution in [1.82, 2.24) is 5.32 Å². The van der Waals surface area contributed by atoms with Gasteiger partial charge in [-0.05, 0) is 50.6 Å². The summed E-state index contributed by atoms with van der Waals surface area (Å²) in [6.45, 7) is 5.57. The Morgan fingerprint density at radius 2 is 1.94 bits per heavy atom. The van der Waals surface area contributed by atoms with Crippen molar-refractivity contribution in [2.75, 3.05) is 14.2 Å². The molecule has 0 saturated carbocycles. The molecule has 0 aliphatic rings. The fourth-order valence-electron chi connectivity index (χ4n) is 1.92. The number of methoxy groups -OCH3 is 1. The predicted molar refractivity (Wildman–Crippen MR) is 64.9 cm³/mol. The number of aryl methyl sites for hydroxylation is 2. The van der Waals surface area contributed by atoms with E-state index in [0.717, 1.165) is 22.4 Å². The lowest BCUT2D eigenvalue weighted by Gasteiger charge is -2.18. The van der Waals surface area contributed by atoms with Crippen LogP contribution in [-0.4, -0.2) is 19.9 Å². The maximum Gasteiger partial charge on any atom is 0.151 e. The van der Waals surface area contributed by atoms with Crippen LogP contribution in [0.2, 0.25) is 0 Å². The summed E-state index contributed by atoms with van der Waals surface area (Å²) in [6.07, 6.45) is 0. The largest absolute Gasteiger partial charge is 0.496 e. The average Bonchev–Trinajstić information content (AvgIpc) is 2.23. The molecule has 3 nitrogen and oxygen atoms in total. The smallest absolute Gasteiger partial charge is 0.151 e. The van der Waals surface area contributed by atoms with Crippen molar-refractivity contribution in [2.45, 2.75) is 26.8 Å². The molecule has 16 heavy (non-hydrogen) atoms. The van der Waals surface area contributed by atoms with Gasteiger partial charge < -0.3 is 10.1 Å². The Morgan fingerprint density at radius 3 is 2.38 bits per heavy atom. The fraction of sp³-hybridized carbons (Fsp3) is 0.462. The van der Waals surface area contributed by atoms with Crippen molar-refractivity contribution < 1.29 is 9.53 Å². The molecule has 1 N–H and O–H groups in total. The van der Waals surface area contributed by atoms with Crippen LogP contribution in [0.15, 0.2) is 12.1 Å². The van der Waals surface area contributed by atoms with E-state index in [1.807, 2.05) is 26.0 Å². The first-order valence-corrected chi connectivity index (χ1v) is 5.34. The first-order valence-electron chi connectivity index (χ1n) is 5.34. The Bertz CT molecular complexity index is 399. The second kappa shape index (κ2) is 5.12. The van der Waals surface area contributed by atoms with Crippen LogP contribution in [-0.2, 0) is 4.79 Å². The standard InChI is InChI=1S/C13H19NO2/c1-8-7-12(16-5)9(2)6-11(8)13(14-4)10(3)15/h6-7,13-14H,1-5H3. The van der Waals surface area contributed by atoms with E-state index < -0.39 is 0 Å². The molecule has 1 rings (SSSR count). The van der Waals surface area contributed by atoms with Crippen LogP contribution in [0, 0.1) is 13.8 Å². The predicted octanol–water partition coefficient (Wildman–Crippen LogP) is 2.16. The van der Waals surface area contributed by atoms with E-state index in [0.29, 0.717) is 0 Å². The Labute approximate surface area is 96.8 Å². The monoisotopic (exact) mass is 221 g/mol. The van der Waals surface area contributed by atoms with E-state index in [9.17, 15) is 4.79 Å². The lowest BCUT2D eigenvalue weighted by molar-refractivity contribution is -0.119. The zero-order valence-corrected chi connectivity index (χ0v) is 10.5. The van der Waals surface area contributed by atoms with Crippen LogP contribution >= 0.6 is 0 Å². The third-order valence-corrected chi connectivity index (χ3v) is 2.79. The van der Waals surface area contributed by atoms with Gasteiger partial charge in [0.2, 0.25) is 0 Å². The molecular formula is C13H19NO2. The lowest BCUT2D eigenvalue weighted by Crippen LogP contribution is -2.24. The number of likely N-dealkylation sites (N-methyl/N-ethyl adjacent to an activating group) is 1. The number of carbonyl (C=O) groups is 1. The Hall–Kier alpha value is -1.35. The van der Waals surface area contributed by atoms with Crippen molar-refractivity contribution in [1.29, 1.82) is 0 Å². The van der Waals surface area contributed by atoms with E-state index in [1.54, 1.807) is 21.1 Å². The first-order chi connectivity index (χ1) is 7.51. The number of hydrogen-bond acceptors (Lipinski definition) is 3. The third-order valence-electron chi connectivity index (χ3n) is 2.79. The Balaban J connectivity index is 3.24. The van der Waals surface area contributed by atoms with Crippen molar-refractivity contribution in [3.8, 4) is 5.75 Å². The Morgan fingerprint density at radius 1 is 1.31 bits per heavy atom. The first kappa shape index (κ1) is 12.7. The second-order valence-corrected chi connectivity index (χ2v) is 4.01. The number of nitrogens with one attached hydrogen (secondary N) is 1. The summed E-state index contributed by atoms with van der Waals surface area (Å²) < 4.78 is 5.25. The van der Waals surface area contributed by atoms with Crippen LogP contribution in [0.5, 0.6) is 5.75 Å². The average molecular weight is 221 g/mol. The SMILES string of the molecule is CNC(C(C)=O)c1cc(C)c(OC)cc1C. The van der Waals surface area contributed by atoms with Gasteiger partial charge in [-0.15, -0.1) is 0 Å². The summed E-state index contributed by atoms with van der Waals surface area (Å²) in [5.41, 5.74) is 3.13. The van der Waals surface area contributed by atoms with Crippen molar-refractivity contribution in [2.24, 2.45) is 0 Å². The van der Waals surface area contributed by atoms with Crippen molar-refractivity contribution in [3.63, 3.8) is 0 Å². The molecule has 0 heterocycles. The number of ketones is 1.